The first-order valence-corrected chi connectivity index (χ1v) is 16.7. The number of pyridine rings is 1. The number of fused-ring (bicyclic) bond motifs is 1. The molecule has 8 nitrogen and oxygen atoms in total. The van der Waals surface area contributed by atoms with Crippen molar-refractivity contribution in [1.82, 2.24) is 20.9 Å². The SMILES string of the molecule is CCCC(NC(=O)/C=C/c1cccc(Br)n1)c1ccc(OCCCC(=O)CCCC[C@@H]2SC[C@]3(C)NC(=O)N[C@H]23)cc1. The molecule has 1 aromatic carbocycles. The summed E-state index contributed by atoms with van der Waals surface area (Å²) < 4.78 is 6.60. The number of hydrogen-bond donors (Lipinski definition) is 3. The Hall–Kier alpha value is -2.85. The van der Waals surface area contributed by atoms with Crippen molar-refractivity contribution >= 4 is 51.5 Å². The molecule has 2 aliphatic rings. The van der Waals surface area contributed by atoms with Crippen molar-refractivity contribution in [2.24, 2.45) is 0 Å². The minimum Gasteiger partial charge on any atom is -0.494 e. The molecule has 2 aliphatic heterocycles. The lowest BCUT2D eigenvalue weighted by atomic mass is 9.92. The maximum absolute atomic E-state index is 12.6. The predicted molar refractivity (Wildman–Crippen MR) is 172 cm³/mol. The van der Waals surface area contributed by atoms with Gasteiger partial charge in [-0.1, -0.05) is 38.0 Å². The number of ketones is 1. The van der Waals surface area contributed by atoms with Crippen molar-refractivity contribution in [2.75, 3.05) is 12.4 Å². The second kappa shape index (κ2) is 15.6. The third-order valence-corrected chi connectivity index (χ3v) is 9.87. The molecule has 0 radical (unpaired) electrons. The van der Waals surface area contributed by atoms with Crippen LogP contribution in [0.2, 0.25) is 0 Å². The standard InChI is InChI=1S/C32H41BrN4O4S/c1-3-8-26(35-29(39)19-16-23-9-6-13-28(33)34-23)22-14-17-25(18-15-22)41-20-7-11-24(38)10-4-5-12-27-30-32(2,21-42-27)37-31(40)36-30/h6,9,13-19,26-27,30H,3-5,7-8,10-12,20-21H2,1-2H3,(H,35,39)(H2,36,37,40)/b19-16+/t26?,27-,30+,32-/m0/s1. The molecule has 4 rings (SSSR count). The number of rotatable bonds is 16. The average molecular weight is 658 g/mol. The molecular weight excluding hydrogens is 616 g/mol. The molecule has 0 saturated carbocycles. The van der Waals surface area contributed by atoms with Crippen LogP contribution in [0.15, 0.2) is 53.1 Å². The van der Waals surface area contributed by atoms with Gasteiger partial charge in [0.15, 0.2) is 0 Å². The average Bonchev–Trinajstić information content (AvgIpc) is 3.43. The normalized spacial score (nSPS) is 21.9. The molecule has 2 saturated heterocycles. The van der Waals surface area contributed by atoms with E-state index in [9.17, 15) is 14.4 Å². The second-order valence-corrected chi connectivity index (χ2v) is 13.3. The molecule has 42 heavy (non-hydrogen) atoms. The number of hydrogen-bond acceptors (Lipinski definition) is 6. The zero-order valence-corrected chi connectivity index (χ0v) is 26.8. The van der Waals surface area contributed by atoms with Crippen molar-refractivity contribution in [2.45, 2.75) is 88.1 Å². The van der Waals surface area contributed by atoms with Gasteiger partial charge in [-0.3, -0.25) is 9.59 Å². The minimum absolute atomic E-state index is 0.0647. The largest absolute Gasteiger partial charge is 0.494 e. The lowest BCUT2D eigenvalue weighted by molar-refractivity contribution is -0.119. The summed E-state index contributed by atoms with van der Waals surface area (Å²) in [6.45, 7) is 4.69. The van der Waals surface area contributed by atoms with Crippen LogP contribution in [-0.2, 0) is 9.59 Å². The van der Waals surface area contributed by atoms with Gasteiger partial charge in [0.05, 0.1) is 29.9 Å². The molecule has 0 spiro atoms. The number of nitrogens with one attached hydrogen (secondary N) is 3. The van der Waals surface area contributed by atoms with E-state index < -0.39 is 0 Å². The Bertz CT molecular complexity index is 1260. The van der Waals surface area contributed by atoms with Crippen LogP contribution in [0, 0.1) is 0 Å². The molecule has 3 N–H and O–H groups in total. The summed E-state index contributed by atoms with van der Waals surface area (Å²) in [5.41, 5.74) is 1.58. The Morgan fingerprint density at radius 1 is 1.19 bits per heavy atom. The summed E-state index contributed by atoms with van der Waals surface area (Å²) in [6.07, 6.45) is 9.66. The summed E-state index contributed by atoms with van der Waals surface area (Å²) in [5, 5.41) is 9.61. The summed E-state index contributed by atoms with van der Waals surface area (Å²) in [6, 6.07) is 13.4. The number of urea groups is 1. The van der Waals surface area contributed by atoms with Crippen LogP contribution in [0.5, 0.6) is 5.75 Å². The minimum atomic E-state index is -0.166. The zero-order chi connectivity index (χ0) is 30.0. The fourth-order valence-electron chi connectivity index (χ4n) is 5.49. The zero-order valence-electron chi connectivity index (χ0n) is 24.4. The van der Waals surface area contributed by atoms with Gasteiger partial charge in [0, 0.05) is 29.9 Å². The van der Waals surface area contributed by atoms with Gasteiger partial charge < -0.3 is 20.7 Å². The number of thioether (sulfide) groups is 1. The van der Waals surface area contributed by atoms with Crippen LogP contribution in [0.4, 0.5) is 4.79 Å². The first-order chi connectivity index (χ1) is 20.3. The number of nitrogens with zero attached hydrogens (tertiary/aromatic N) is 1. The number of carbonyl (C=O) groups excluding carboxylic acids is 3. The molecule has 1 aromatic heterocycles. The van der Waals surface area contributed by atoms with E-state index in [1.165, 1.54) is 6.08 Å². The number of halogens is 1. The number of ether oxygens (including phenoxy) is 1. The van der Waals surface area contributed by atoms with Crippen molar-refractivity contribution in [3.8, 4) is 5.75 Å². The number of unbranched alkanes of at least 4 members (excludes halogenated alkanes) is 1. The monoisotopic (exact) mass is 656 g/mol. The van der Waals surface area contributed by atoms with Gasteiger partial charge in [0.2, 0.25) is 5.91 Å². The third kappa shape index (κ3) is 9.33. The van der Waals surface area contributed by atoms with Gasteiger partial charge in [-0.25, -0.2) is 9.78 Å². The van der Waals surface area contributed by atoms with Crippen LogP contribution in [0.3, 0.4) is 0 Å². The highest BCUT2D eigenvalue weighted by atomic mass is 79.9. The van der Waals surface area contributed by atoms with Gasteiger partial charge in [-0.2, -0.15) is 11.8 Å². The highest BCUT2D eigenvalue weighted by Crippen LogP contribution is 2.39. The molecule has 0 bridgehead atoms. The van der Waals surface area contributed by atoms with E-state index in [4.69, 9.17) is 4.74 Å². The first kappa shape index (κ1) is 32.1. The van der Waals surface area contributed by atoms with E-state index >= 15 is 0 Å². The lowest BCUT2D eigenvalue weighted by Gasteiger charge is -2.23. The van der Waals surface area contributed by atoms with Gasteiger partial charge in [-0.05, 0) is 84.4 Å². The summed E-state index contributed by atoms with van der Waals surface area (Å²) in [5.74, 6) is 1.79. The number of aromatic nitrogens is 1. The Balaban J connectivity index is 1.12. The van der Waals surface area contributed by atoms with E-state index in [-0.39, 0.29) is 35.3 Å². The first-order valence-electron chi connectivity index (χ1n) is 14.8. The van der Waals surface area contributed by atoms with E-state index in [2.05, 4.69) is 50.7 Å². The number of benzene rings is 1. The van der Waals surface area contributed by atoms with Gasteiger partial charge in [0.1, 0.15) is 16.1 Å². The van der Waals surface area contributed by atoms with Gasteiger partial charge in [-0.15, -0.1) is 0 Å². The Kier molecular flexibility index (Phi) is 11.9. The van der Waals surface area contributed by atoms with Crippen LogP contribution in [0.1, 0.15) is 82.5 Å². The van der Waals surface area contributed by atoms with Crippen molar-refractivity contribution in [3.63, 3.8) is 0 Å². The fraction of sp³-hybridized carbons (Fsp3) is 0.500. The fourth-order valence-corrected chi connectivity index (χ4v) is 7.55. The van der Waals surface area contributed by atoms with Crippen LogP contribution < -0.4 is 20.7 Å². The molecule has 0 aliphatic carbocycles. The number of Topliss-reactive ketones (excluding diaryl/α,β-unsaturated/α-hetero) is 1. The van der Waals surface area contributed by atoms with E-state index in [1.807, 2.05) is 54.2 Å². The Morgan fingerprint density at radius 3 is 2.74 bits per heavy atom. The molecular formula is C32H41BrN4O4S. The van der Waals surface area contributed by atoms with E-state index in [1.54, 1.807) is 6.08 Å². The van der Waals surface area contributed by atoms with E-state index in [0.29, 0.717) is 36.8 Å². The van der Waals surface area contributed by atoms with Crippen molar-refractivity contribution in [1.29, 1.82) is 0 Å². The summed E-state index contributed by atoms with van der Waals surface area (Å²) in [7, 11) is 0. The third-order valence-electron chi connectivity index (χ3n) is 7.72. The van der Waals surface area contributed by atoms with Gasteiger partial charge >= 0.3 is 6.03 Å². The number of carbonyl (C=O) groups is 3. The molecule has 226 valence electrons. The van der Waals surface area contributed by atoms with Crippen molar-refractivity contribution in [3.05, 3.63) is 64.4 Å². The number of amides is 3. The quantitative estimate of drug-likeness (QED) is 0.0840. The molecule has 4 atom stereocenters. The topological polar surface area (TPSA) is 109 Å². The molecule has 2 fully saturated rings. The Morgan fingerprint density at radius 2 is 1.98 bits per heavy atom. The molecule has 3 heterocycles. The second-order valence-electron chi connectivity index (χ2n) is 11.2. The van der Waals surface area contributed by atoms with Crippen molar-refractivity contribution < 1.29 is 19.1 Å². The maximum Gasteiger partial charge on any atom is 0.315 e. The molecule has 3 amide bonds. The highest BCUT2D eigenvalue weighted by molar-refractivity contribution is 9.10. The van der Waals surface area contributed by atoms with Gasteiger partial charge in [0.25, 0.3) is 0 Å². The lowest BCUT2D eigenvalue weighted by Crippen LogP contribution is -2.47. The van der Waals surface area contributed by atoms with Crippen LogP contribution in [0.25, 0.3) is 6.08 Å². The molecule has 2 aromatic rings. The Labute approximate surface area is 261 Å². The molecule has 1 unspecified atom stereocenters. The summed E-state index contributed by atoms with van der Waals surface area (Å²) in [4.78, 5) is 40.9. The summed E-state index contributed by atoms with van der Waals surface area (Å²) >= 11 is 5.25. The predicted octanol–water partition coefficient (Wildman–Crippen LogP) is 6.36. The maximum atomic E-state index is 12.6. The van der Waals surface area contributed by atoms with Crippen LogP contribution >= 0.6 is 27.7 Å². The smallest absolute Gasteiger partial charge is 0.315 e. The van der Waals surface area contributed by atoms with E-state index in [0.717, 1.165) is 53.8 Å². The molecule has 10 heteroatoms. The van der Waals surface area contributed by atoms with Crippen LogP contribution in [-0.4, -0.2) is 51.9 Å². The highest BCUT2D eigenvalue weighted by Gasteiger charge is 2.51.